The molecule has 0 spiro atoms. The predicted octanol–water partition coefficient (Wildman–Crippen LogP) is 4.62. The summed E-state index contributed by atoms with van der Waals surface area (Å²) in [4.78, 5) is 30.4. The molecule has 0 unspecified atom stereocenters. The lowest BCUT2D eigenvalue weighted by atomic mass is 10.0. The van der Waals surface area contributed by atoms with E-state index in [1.165, 1.54) is 11.3 Å². The molecule has 3 N–H and O–H groups in total. The molecule has 2 aromatic heterocycles. The molecule has 0 bridgehead atoms. The van der Waals surface area contributed by atoms with Crippen molar-refractivity contribution in [2.24, 2.45) is 5.73 Å². The van der Waals surface area contributed by atoms with Crippen LogP contribution in [-0.2, 0) is 0 Å². The zero-order valence-electron chi connectivity index (χ0n) is 15.1. The molecule has 0 saturated carbocycles. The zero-order valence-corrected chi connectivity index (χ0v) is 15.9. The number of thiophene rings is 1. The first-order valence-corrected chi connectivity index (χ1v) is 9.51. The molecule has 0 fully saturated rings. The maximum Gasteiger partial charge on any atom is 0.258 e. The number of benzene rings is 2. The molecule has 2 heterocycles. The number of nitrogens with zero attached hydrogens (tertiary/aromatic N) is 1. The van der Waals surface area contributed by atoms with E-state index in [0.717, 1.165) is 27.0 Å². The molecule has 4 aromatic rings. The molecule has 6 heteroatoms. The predicted molar refractivity (Wildman–Crippen MR) is 113 cm³/mol. The van der Waals surface area contributed by atoms with Crippen molar-refractivity contribution in [2.75, 3.05) is 5.32 Å². The summed E-state index contributed by atoms with van der Waals surface area (Å²) < 4.78 is 0. The fourth-order valence-electron chi connectivity index (χ4n) is 3.04. The molecule has 28 heavy (non-hydrogen) atoms. The molecular formula is C22H17N3O2S. The van der Waals surface area contributed by atoms with Gasteiger partial charge in [-0.2, -0.15) is 0 Å². The molecule has 2 amide bonds. The highest BCUT2D eigenvalue weighted by Crippen LogP contribution is 2.29. The van der Waals surface area contributed by atoms with Gasteiger partial charge in [-0.25, -0.2) is 4.98 Å². The van der Waals surface area contributed by atoms with Crippen molar-refractivity contribution in [3.8, 4) is 11.3 Å². The molecule has 0 aliphatic carbocycles. The van der Waals surface area contributed by atoms with Crippen LogP contribution in [0.25, 0.3) is 22.2 Å². The Bertz CT molecular complexity index is 1200. The Labute approximate surface area is 165 Å². The van der Waals surface area contributed by atoms with Gasteiger partial charge in [0, 0.05) is 15.8 Å². The summed E-state index contributed by atoms with van der Waals surface area (Å²) in [6.45, 7) is 1.84. The van der Waals surface area contributed by atoms with Crippen LogP contribution in [0.3, 0.4) is 0 Å². The lowest BCUT2D eigenvalue weighted by Crippen LogP contribution is -2.13. The Morgan fingerprint density at radius 2 is 1.71 bits per heavy atom. The van der Waals surface area contributed by atoms with E-state index in [1.54, 1.807) is 12.1 Å². The van der Waals surface area contributed by atoms with Crippen LogP contribution in [0, 0.1) is 6.92 Å². The fourth-order valence-corrected chi connectivity index (χ4v) is 3.86. The minimum atomic E-state index is -0.505. The number of hydrogen-bond acceptors (Lipinski definition) is 4. The number of aryl methyl sites for hydroxylation is 1. The van der Waals surface area contributed by atoms with Gasteiger partial charge in [0.05, 0.1) is 27.3 Å². The number of nitrogens with one attached hydrogen (secondary N) is 1. The zero-order chi connectivity index (χ0) is 19.7. The smallest absolute Gasteiger partial charge is 0.258 e. The monoisotopic (exact) mass is 387 g/mol. The summed E-state index contributed by atoms with van der Waals surface area (Å²) in [7, 11) is 0. The van der Waals surface area contributed by atoms with E-state index in [4.69, 9.17) is 10.7 Å². The first-order valence-electron chi connectivity index (χ1n) is 8.70. The van der Waals surface area contributed by atoms with Crippen LogP contribution in [0.15, 0.2) is 66.7 Å². The van der Waals surface area contributed by atoms with E-state index < -0.39 is 5.91 Å². The van der Waals surface area contributed by atoms with Crippen LogP contribution < -0.4 is 11.1 Å². The number of hydrogen-bond donors (Lipinski definition) is 2. The molecule has 138 valence electrons. The molecule has 5 nitrogen and oxygen atoms in total. The van der Waals surface area contributed by atoms with Gasteiger partial charge in [0.2, 0.25) is 0 Å². The standard InChI is InChI=1S/C22H17N3O2S/c1-13-18(12-20(28-13)21(23)26)25-22(27)16-11-19(14-7-3-2-4-8-14)24-17-10-6-5-9-15(16)17/h2-12H,1H3,(H2,23,26)(H,25,27). The van der Waals surface area contributed by atoms with E-state index in [1.807, 2.05) is 61.5 Å². The lowest BCUT2D eigenvalue weighted by Gasteiger charge is -2.10. The number of para-hydroxylation sites is 1. The molecule has 0 atom stereocenters. The number of pyridine rings is 1. The summed E-state index contributed by atoms with van der Waals surface area (Å²) in [5.41, 5.74) is 8.87. The van der Waals surface area contributed by atoms with Gasteiger partial charge in [-0.1, -0.05) is 48.5 Å². The number of anilines is 1. The summed E-state index contributed by atoms with van der Waals surface area (Å²) in [6, 6.07) is 20.7. The van der Waals surface area contributed by atoms with Gasteiger partial charge in [-0.05, 0) is 25.1 Å². The van der Waals surface area contributed by atoms with Crippen molar-refractivity contribution < 1.29 is 9.59 Å². The Balaban J connectivity index is 1.79. The van der Waals surface area contributed by atoms with Crippen LogP contribution in [-0.4, -0.2) is 16.8 Å². The molecule has 0 saturated heterocycles. The minimum absolute atomic E-state index is 0.257. The first kappa shape index (κ1) is 17.9. The molecular weight excluding hydrogens is 370 g/mol. The highest BCUT2D eigenvalue weighted by Gasteiger charge is 2.17. The minimum Gasteiger partial charge on any atom is -0.365 e. The van der Waals surface area contributed by atoms with Gasteiger partial charge in [-0.15, -0.1) is 11.3 Å². The number of carbonyl (C=O) groups is 2. The highest BCUT2D eigenvalue weighted by atomic mass is 32.1. The number of rotatable bonds is 4. The Morgan fingerprint density at radius 1 is 1.00 bits per heavy atom. The van der Waals surface area contributed by atoms with Gasteiger partial charge < -0.3 is 11.1 Å². The SMILES string of the molecule is Cc1sc(C(N)=O)cc1NC(=O)c1cc(-c2ccccc2)nc2ccccc12. The Hall–Kier alpha value is -3.51. The van der Waals surface area contributed by atoms with Gasteiger partial charge in [0.1, 0.15) is 0 Å². The second-order valence-electron chi connectivity index (χ2n) is 6.34. The normalized spacial score (nSPS) is 10.8. The van der Waals surface area contributed by atoms with E-state index in [9.17, 15) is 9.59 Å². The second-order valence-corrected chi connectivity index (χ2v) is 7.59. The van der Waals surface area contributed by atoms with Crippen molar-refractivity contribution in [1.29, 1.82) is 0 Å². The van der Waals surface area contributed by atoms with Crippen LogP contribution in [0.2, 0.25) is 0 Å². The lowest BCUT2D eigenvalue weighted by molar-refractivity contribution is 0.1000. The van der Waals surface area contributed by atoms with E-state index in [0.29, 0.717) is 16.1 Å². The molecule has 0 aliphatic rings. The van der Waals surface area contributed by atoms with Crippen molar-refractivity contribution >= 4 is 39.7 Å². The summed E-state index contributed by atoms with van der Waals surface area (Å²) in [5.74, 6) is -0.762. The summed E-state index contributed by atoms with van der Waals surface area (Å²) >= 11 is 1.26. The van der Waals surface area contributed by atoms with Gasteiger partial charge in [-0.3, -0.25) is 9.59 Å². The van der Waals surface area contributed by atoms with Gasteiger partial charge >= 0.3 is 0 Å². The number of primary amides is 1. The number of carbonyl (C=O) groups excluding carboxylic acids is 2. The second kappa shape index (κ2) is 7.25. The molecule has 0 radical (unpaired) electrons. The van der Waals surface area contributed by atoms with Crippen molar-refractivity contribution in [3.63, 3.8) is 0 Å². The third-order valence-corrected chi connectivity index (χ3v) is 5.50. The summed E-state index contributed by atoms with van der Waals surface area (Å²) in [5, 5.41) is 3.67. The molecule has 4 rings (SSSR count). The van der Waals surface area contributed by atoms with E-state index in [2.05, 4.69) is 5.32 Å². The first-order chi connectivity index (χ1) is 13.5. The molecule has 2 aromatic carbocycles. The van der Waals surface area contributed by atoms with E-state index >= 15 is 0 Å². The molecule has 0 aliphatic heterocycles. The van der Waals surface area contributed by atoms with Gasteiger partial charge in [0.25, 0.3) is 11.8 Å². The topological polar surface area (TPSA) is 85.1 Å². The average molecular weight is 387 g/mol. The Morgan fingerprint density at radius 3 is 2.43 bits per heavy atom. The summed E-state index contributed by atoms with van der Waals surface area (Å²) in [6.07, 6.45) is 0. The van der Waals surface area contributed by atoms with Crippen molar-refractivity contribution in [1.82, 2.24) is 4.98 Å². The number of nitrogens with two attached hydrogens (primary N) is 1. The number of aromatic nitrogens is 1. The van der Waals surface area contributed by atoms with Crippen LogP contribution in [0.4, 0.5) is 5.69 Å². The maximum absolute atomic E-state index is 13.1. The third-order valence-electron chi connectivity index (χ3n) is 4.44. The number of fused-ring (bicyclic) bond motifs is 1. The third kappa shape index (κ3) is 3.37. The number of amides is 2. The van der Waals surface area contributed by atoms with Crippen LogP contribution >= 0.6 is 11.3 Å². The van der Waals surface area contributed by atoms with Gasteiger partial charge in [0.15, 0.2) is 0 Å². The highest BCUT2D eigenvalue weighted by molar-refractivity contribution is 7.14. The van der Waals surface area contributed by atoms with E-state index in [-0.39, 0.29) is 5.91 Å². The average Bonchev–Trinajstić information content (AvgIpc) is 3.08. The van der Waals surface area contributed by atoms with Crippen molar-refractivity contribution in [2.45, 2.75) is 6.92 Å². The quantitative estimate of drug-likeness (QED) is 0.536. The van der Waals surface area contributed by atoms with Crippen LogP contribution in [0.1, 0.15) is 24.9 Å². The maximum atomic E-state index is 13.1. The van der Waals surface area contributed by atoms with Crippen molar-refractivity contribution in [3.05, 3.63) is 82.0 Å². The fraction of sp³-hybridized carbons (Fsp3) is 0.0455. The van der Waals surface area contributed by atoms with Crippen LogP contribution in [0.5, 0.6) is 0 Å². The largest absolute Gasteiger partial charge is 0.365 e. The Kier molecular flexibility index (Phi) is 4.63.